The highest BCUT2D eigenvalue weighted by molar-refractivity contribution is 7.89. The van der Waals surface area contributed by atoms with Crippen LogP contribution in [0.4, 0.5) is 4.39 Å². The van der Waals surface area contributed by atoms with Crippen molar-refractivity contribution in [2.75, 3.05) is 0 Å². The second-order valence-electron chi connectivity index (χ2n) is 6.52. The zero-order valence-corrected chi connectivity index (χ0v) is 12.8. The Hall–Kier alpha value is -1.01. The molecule has 19 heavy (non-hydrogen) atoms. The van der Waals surface area contributed by atoms with Crippen molar-refractivity contribution in [1.29, 1.82) is 0 Å². The summed E-state index contributed by atoms with van der Waals surface area (Å²) in [5.41, 5.74) is -0.726. The Morgan fingerprint density at radius 1 is 1.26 bits per heavy atom. The van der Waals surface area contributed by atoms with E-state index in [-0.39, 0.29) is 5.41 Å². The maximum atomic E-state index is 13.5. The molecule has 0 amide bonds. The molecule has 1 rings (SSSR count). The van der Waals surface area contributed by atoms with Gasteiger partial charge >= 0.3 is 0 Å². The highest BCUT2D eigenvalue weighted by Crippen LogP contribution is 2.28. The first kappa shape index (κ1) is 16.0. The van der Waals surface area contributed by atoms with Crippen LogP contribution in [-0.4, -0.2) is 18.9 Å². The first-order valence-corrected chi connectivity index (χ1v) is 7.56. The summed E-state index contributed by atoms with van der Waals surface area (Å²) < 4.78 is 40.3. The fraction of sp³-hybridized carbons (Fsp3) is 0.615. The summed E-state index contributed by atoms with van der Waals surface area (Å²) in [6, 6.07) is 2.44. The van der Waals surface area contributed by atoms with Gasteiger partial charge in [-0.15, -0.1) is 0 Å². The van der Waals surface area contributed by atoms with Crippen molar-refractivity contribution in [3.8, 4) is 0 Å². The van der Waals surface area contributed by atoms with Crippen LogP contribution in [-0.2, 0) is 10.0 Å². The number of hydrogen-bond donors (Lipinski definition) is 1. The zero-order valence-electron chi connectivity index (χ0n) is 12.0. The Morgan fingerprint density at radius 2 is 1.84 bits per heavy atom. The van der Waals surface area contributed by atoms with Crippen LogP contribution in [0.2, 0.25) is 0 Å². The molecule has 0 aliphatic rings. The predicted molar refractivity (Wildman–Crippen MR) is 72.7 cm³/mol. The zero-order chi connectivity index (χ0) is 14.9. The van der Waals surface area contributed by atoms with Crippen LogP contribution in [0, 0.1) is 11.2 Å². The van der Waals surface area contributed by atoms with E-state index < -0.39 is 26.4 Å². The molecule has 4 nitrogen and oxygen atoms in total. The molecule has 1 aromatic heterocycles. The molecule has 0 aliphatic carbocycles. The van der Waals surface area contributed by atoms with Gasteiger partial charge in [0.15, 0.2) is 5.82 Å². The molecule has 0 fully saturated rings. The normalized spacial score (nSPS) is 13.6. The fourth-order valence-corrected chi connectivity index (χ4v) is 3.76. The van der Waals surface area contributed by atoms with E-state index in [1.54, 1.807) is 13.8 Å². The summed E-state index contributed by atoms with van der Waals surface area (Å²) in [6.45, 7) is 9.60. The van der Waals surface area contributed by atoms with Gasteiger partial charge in [-0.3, -0.25) is 0 Å². The number of nitrogens with one attached hydrogen (secondary N) is 1. The quantitative estimate of drug-likeness (QED) is 0.926. The summed E-state index contributed by atoms with van der Waals surface area (Å²) in [5.74, 6) is -0.846. The third-order valence-corrected chi connectivity index (χ3v) is 3.99. The first-order chi connectivity index (χ1) is 8.43. The third-order valence-electron chi connectivity index (χ3n) is 2.36. The predicted octanol–water partition coefficient (Wildman–Crippen LogP) is 2.71. The van der Waals surface area contributed by atoms with E-state index >= 15 is 0 Å². The Balaban J connectivity index is 3.01. The number of sulfonamides is 1. The van der Waals surface area contributed by atoms with E-state index in [0.717, 1.165) is 6.07 Å². The lowest BCUT2D eigenvalue weighted by Crippen LogP contribution is -2.46. The van der Waals surface area contributed by atoms with Crippen molar-refractivity contribution in [2.24, 2.45) is 5.41 Å². The molecule has 0 radical (unpaired) electrons. The topological polar surface area (TPSA) is 59.1 Å². The van der Waals surface area contributed by atoms with Gasteiger partial charge in [-0.1, -0.05) is 20.8 Å². The van der Waals surface area contributed by atoms with Crippen molar-refractivity contribution >= 4 is 10.0 Å². The first-order valence-electron chi connectivity index (χ1n) is 6.07. The van der Waals surface area contributed by atoms with Crippen molar-refractivity contribution in [2.45, 2.75) is 51.6 Å². The lowest BCUT2D eigenvalue weighted by Gasteiger charge is -2.32. The molecule has 0 saturated carbocycles. The summed E-state index contributed by atoms with van der Waals surface area (Å²) in [5, 5.41) is -0.558. The number of rotatable bonds is 4. The van der Waals surface area contributed by atoms with E-state index in [0.29, 0.717) is 6.42 Å². The van der Waals surface area contributed by atoms with E-state index in [9.17, 15) is 12.8 Å². The highest BCUT2D eigenvalue weighted by atomic mass is 32.2. The average Bonchev–Trinajstić information content (AvgIpc) is 2.11. The molecule has 0 bridgehead atoms. The molecular weight excluding hydrogens is 267 g/mol. The number of hydrogen-bond acceptors (Lipinski definition) is 3. The van der Waals surface area contributed by atoms with Crippen LogP contribution in [0.1, 0.15) is 41.0 Å². The van der Waals surface area contributed by atoms with Crippen LogP contribution < -0.4 is 4.72 Å². The van der Waals surface area contributed by atoms with Gasteiger partial charge in [-0.05, 0) is 37.8 Å². The molecule has 0 aliphatic heterocycles. The molecule has 1 heterocycles. The molecular formula is C13H21FN2O2S. The Bertz CT molecular complexity index is 548. The molecule has 1 N–H and O–H groups in total. The molecule has 0 spiro atoms. The summed E-state index contributed by atoms with van der Waals surface area (Å²) in [7, 11) is -3.96. The highest BCUT2D eigenvalue weighted by Gasteiger charge is 2.32. The van der Waals surface area contributed by atoms with E-state index in [2.05, 4.69) is 9.71 Å². The van der Waals surface area contributed by atoms with Crippen molar-refractivity contribution in [1.82, 2.24) is 9.71 Å². The third kappa shape index (κ3) is 4.87. The van der Waals surface area contributed by atoms with Gasteiger partial charge in [0.2, 0.25) is 5.03 Å². The average molecular weight is 288 g/mol. The van der Waals surface area contributed by atoms with Gasteiger partial charge in [-0.2, -0.15) is 0 Å². The van der Waals surface area contributed by atoms with Gasteiger partial charge in [0, 0.05) is 11.7 Å². The molecule has 0 aromatic carbocycles. The monoisotopic (exact) mass is 288 g/mol. The molecule has 1 aromatic rings. The van der Waals surface area contributed by atoms with Crippen LogP contribution in [0.25, 0.3) is 0 Å². The van der Waals surface area contributed by atoms with Crippen molar-refractivity contribution < 1.29 is 12.8 Å². The summed E-state index contributed by atoms with van der Waals surface area (Å²) in [6.07, 6.45) is 1.88. The second-order valence-corrected chi connectivity index (χ2v) is 8.11. The Kier molecular flexibility index (Phi) is 4.37. The maximum absolute atomic E-state index is 13.5. The fourth-order valence-electron chi connectivity index (χ4n) is 2.34. The summed E-state index contributed by atoms with van der Waals surface area (Å²) in [4.78, 5) is 3.61. The minimum absolute atomic E-state index is 0.0469. The van der Waals surface area contributed by atoms with Gasteiger partial charge in [-0.25, -0.2) is 22.5 Å². The molecule has 0 saturated heterocycles. The SMILES string of the molecule is CC(C)(C)CC(C)(C)NS(=O)(=O)c1ncccc1F. The lowest BCUT2D eigenvalue weighted by atomic mass is 9.82. The van der Waals surface area contributed by atoms with Crippen LogP contribution >= 0.6 is 0 Å². The summed E-state index contributed by atoms with van der Waals surface area (Å²) >= 11 is 0. The molecule has 0 unspecified atom stereocenters. The minimum Gasteiger partial charge on any atom is -0.241 e. The van der Waals surface area contributed by atoms with E-state index in [1.807, 2.05) is 20.8 Å². The van der Waals surface area contributed by atoms with Crippen LogP contribution in [0.15, 0.2) is 23.4 Å². The largest absolute Gasteiger partial charge is 0.261 e. The smallest absolute Gasteiger partial charge is 0.241 e. The lowest BCUT2D eigenvalue weighted by molar-refractivity contribution is 0.269. The van der Waals surface area contributed by atoms with Crippen LogP contribution in [0.3, 0.4) is 0 Å². The Morgan fingerprint density at radius 3 is 2.32 bits per heavy atom. The van der Waals surface area contributed by atoms with Gasteiger partial charge < -0.3 is 0 Å². The number of nitrogens with zero attached hydrogens (tertiary/aromatic N) is 1. The molecule has 108 valence electrons. The minimum atomic E-state index is -3.96. The number of aromatic nitrogens is 1. The van der Waals surface area contributed by atoms with Crippen LogP contribution in [0.5, 0.6) is 0 Å². The Labute approximate surface area is 114 Å². The maximum Gasteiger partial charge on any atom is 0.261 e. The standard InChI is InChI=1S/C13H21FN2O2S/c1-12(2,3)9-13(4,5)16-19(17,18)11-10(14)7-6-8-15-11/h6-8,16H,9H2,1-5H3. The van der Waals surface area contributed by atoms with Gasteiger partial charge in [0.05, 0.1) is 0 Å². The second kappa shape index (κ2) is 5.17. The van der Waals surface area contributed by atoms with E-state index in [1.165, 1.54) is 12.3 Å². The number of halogens is 1. The van der Waals surface area contributed by atoms with Crippen molar-refractivity contribution in [3.63, 3.8) is 0 Å². The molecule has 6 heteroatoms. The van der Waals surface area contributed by atoms with Gasteiger partial charge in [0.1, 0.15) is 0 Å². The van der Waals surface area contributed by atoms with Gasteiger partial charge in [0.25, 0.3) is 10.0 Å². The number of pyridine rings is 1. The van der Waals surface area contributed by atoms with E-state index in [4.69, 9.17) is 0 Å². The van der Waals surface area contributed by atoms with Crippen molar-refractivity contribution in [3.05, 3.63) is 24.1 Å². The molecule has 0 atom stereocenters.